The van der Waals surface area contributed by atoms with Gasteiger partial charge in [-0.25, -0.2) is 0 Å². The molecule has 0 saturated carbocycles. The lowest BCUT2D eigenvalue weighted by molar-refractivity contribution is 0.261. The van der Waals surface area contributed by atoms with Crippen LogP contribution in [0.1, 0.15) is 51.2 Å². The summed E-state index contributed by atoms with van der Waals surface area (Å²) in [5.74, 6) is 2.16. The third kappa shape index (κ3) is 4.08. The van der Waals surface area contributed by atoms with Crippen LogP contribution in [0.4, 0.5) is 0 Å². The zero-order valence-corrected chi connectivity index (χ0v) is 13.0. The van der Waals surface area contributed by atoms with E-state index in [1.54, 1.807) is 0 Å². The summed E-state index contributed by atoms with van der Waals surface area (Å²) in [6.45, 7) is 15.3. The molecule has 0 spiro atoms. The molecular weight excluding hydrogens is 236 g/mol. The Labute approximate surface area is 117 Å². The monoisotopic (exact) mass is 264 g/mol. The van der Waals surface area contributed by atoms with Gasteiger partial charge in [0, 0.05) is 24.7 Å². The molecule has 3 nitrogen and oxygen atoms in total. The quantitative estimate of drug-likeness (QED) is 0.884. The van der Waals surface area contributed by atoms with Crippen molar-refractivity contribution in [2.24, 2.45) is 5.41 Å². The SMILES string of the molecule is Cc1oc(CN2CCC(C)(C)C2)cc1CNC(C)C. The van der Waals surface area contributed by atoms with Gasteiger partial charge >= 0.3 is 0 Å². The van der Waals surface area contributed by atoms with Crippen LogP contribution in [0.25, 0.3) is 0 Å². The molecule has 0 unspecified atom stereocenters. The Kier molecular flexibility index (Phi) is 4.36. The zero-order chi connectivity index (χ0) is 14.0. The van der Waals surface area contributed by atoms with Crippen molar-refractivity contribution in [3.8, 4) is 0 Å². The van der Waals surface area contributed by atoms with Crippen LogP contribution in [0.3, 0.4) is 0 Å². The molecule has 2 heterocycles. The van der Waals surface area contributed by atoms with Gasteiger partial charge in [-0.15, -0.1) is 0 Å². The smallest absolute Gasteiger partial charge is 0.118 e. The lowest BCUT2D eigenvalue weighted by Crippen LogP contribution is -2.22. The van der Waals surface area contributed by atoms with Crippen molar-refractivity contribution in [2.45, 2.75) is 60.2 Å². The Bertz CT molecular complexity index is 420. The highest BCUT2D eigenvalue weighted by Gasteiger charge is 2.29. The lowest BCUT2D eigenvalue weighted by Gasteiger charge is -2.18. The number of hydrogen-bond acceptors (Lipinski definition) is 3. The largest absolute Gasteiger partial charge is 0.465 e. The maximum atomic E-state index is 5.90. The van der Waals surface area contributed by atoms with E-state index in [0.29, 0.717) is 11.5 Å². The second kappa shape index (κ2) is 5.68. The van der Waals surface area contributed by atoms with Crippen molar-refractivity contribution in [3.05, 3.63) is 23.2 Å². The summed E-state index contributed by atoms with van der Waals surface area (Å²) in [6.07, 6.45) is 1.29. The van der Waals surface area contributed by atoms with Gasteiger partial charge in [-0.1, -0.05) is 27.7 Å². The van der Waals surface area contributed by atoms with Crippen LogP contribution >= 0.6 is 0 Å². The van der Waals surface area contributed by atoms with Crippen molar-refractivity contribution in [3.63, 3.8) is 0 Å². The van der Waals surface area contributed by atoms with E-state index in [2.05, 4.69) is 50.9 Å². The highest BCUT2D eigenvalue weighted by Crippen LogP contribution is 2.30. The van der Waals surface area contributed by atoms with E-state index >= 15 is 0 Å². The second-order valence-electron chi connectivity index (χ2n) is 6.95. The Hall–Kier alpha value is -0.800. The normalized spacial score (nSPS) is 19.5. The van der Waals surface area contributed by atoms with Crippen molar-refractivity contribution >= 4 is 0 Å². The minimum absolute atomic E-state index is 0.462. The van der Waals surface area contributed by atoms with Crippen LogP contribution in [0, 0.1) is 12.3 Å². The van der Waals surface area contributed by atoms with E-state index in [1.165, 1.54) is 25.1 Å². The second-order valence-corrected chi connectivity index (χ2v) is 6.95. The molecule has 1 aliphatic heterocycles. The average Bonchev–Trinajstić information content (AvgIpc) is 2.79. The molecule has 108 valence electrons. The van der Waals surface area contributed by atoms with Crippen LogP contribution in [-0.2, 0) is 13.1 Å². The minimum Gasteiger partial charge on any atom is -0.465 e. The number of likely N-dealkylation sites (tertiary alicyclic amines) is 1. The molecule has 0 bridgehead atoms. The first kappa shape index (κ1) is 14.6. The third-order valence-corrected chi connectivity index (χ3v) is 3.91. The fourth-order valence-electron chi connectivity index (χ4n) is 2.73. The van der Waals surface area contributed by atoms with Crippen LogP contribution < -0.4 is 5.32 Å². The standard InChI is InChI=1S/C16H28N2O/c1-12(2)17-9-14-8-15(19-13(14)3)10-18-7-6-16(4,5)11-18/h8,12,17H,6-7,9-11H2,1-5H3. The average molecular weight is 264 g/mol. The number of aryl methyl sites for hydroxylation is 1. The molecule has 1 aromatic heterocycles. The molecule has 0 atom stereocenters. The molecule has 19 heavy (non-hydrogen) atoms. The van der Waals surface area contributed by atoms with Crippen molar-refractivity contribution in [1.29, 1.82) is 0 Å². The number of furan rings is 1. The molecule has 1 aliphatic rings. The first-order valence-electron chi connectivity index (χ1n) is 7.40. The van der Waals surface area contributed by atoms with E-state index < -0.39 is 0 Å². The lowest BCUT2D eigenvalue weighted by atomic mass is 9.93. The maximum absolute atomic E-state index is 5.90. The summed E-state index contributed by atoms with van der Waals surface area (Å²) in [6, 6.07) is 2.73. The molecule has 1 saturated heterocycles. The number of hydrogen-bond donors (Lipinski definition) is 1. The number of rotatable bonds is 5. The molecular formula is C16H28N2O. The summed E-state index contributed by atoms with van der Waals surface area (Å²) < 4.78 is 5.90. The van der Waals surface area contributed by atoms with E-state index in [-0.39, 0.29) is 0 Å². The first-order valence-corrected chi connectivity index (χ1v) is 7.40. The summed E-state index contributed by atoms with van der Waals surface area (Å²) in [7, 11) is 0. The summed E-state index contributed by atoms with van der Waals surface area (Å²) in [5.41, 5.74) is 1.76. The molecule has 0 amide bonds. The van der Waals surface area contributed by atoms with Crippen LogP contribution in [0.2, 0.25) is 0 Å². The predicted molar refractivity (Wildman–Crippen MR) is 79.1 cm³/mol. The Morgan fingerprint density at radius 1 is 1.42 bits per heavy atom. The first-order chi connectivity index (χ1) is 8.85. The van der Waals surface area contributed by atoms with Gasteiger partial charge in [0.15, 0.2) is 0 Å². The highest BCUT2D eigenvalue weighted by atomic mass is 16.3. The number of nitrogens with zero attached hydrogens (tertiary/aromatic N) is 1. The van der Waals surface area contributed by atoms with Crippen molar-refractivity contribution < 1.29 is 4.42 Å². The van der Waals surface area contributed by atoms with E-state index in [0.717, 1.165) is 24.6 Å². The molecule has 1 N–H and O–H groups in total. The summed E-state index contributed by atoms with van der Waals surface area (Å²) >= 11 is 0. The third-order valence-electron chi connectivity index (χ3n) is 3.91. The minimum atomic E-state index is 0.462. The van der Waals surface area contributed by atoms with Gasteiger partial charge in [-0.2, -0.15) is 0 Å². The van der Waals surface area contributed by atoms with Gasteiger partial charge in [0.05, 0.1) is 6.54 Å². The van der Waals surface area contributed by atoms with Gasteiger partial charge in [0.1, 0.15) is 11.5 Å². The van der Waals surface area contributed by atoms with Gasteiger partial charge in [0.25, 0.3) is 0 Å². The van der Waals surface area contributed by atoms with Gasteiger partial charge < -0.3 is 9.73 Å². The molecule has 1 fully saturated rings. The predicted octanol–water partition coefficient (Wildman–Crippen LogP) is 3.32. The van der Waals surface area contributed by atoms with E-state index in [9.17, 15) is 0 Å². The Morgan fingerprint density at radius 3 is 2.74 bits per heavy atom. The molecule has 2 rings (SSSR count). The fourth-order valence-corrected chi connectivity index (χ4v) is 2.73. The topological polar surface area (TPSA) is 28.4 Å². The van der Waals surface area contributed by atoms with Gasteiger partial charge in [-0.05, 0) is 31.4 Å². The zero-order valence-electron chi connectivity index (χ0n) is 13.0. The molecule has 0 radical (unpaired) electrons. The highest BCUT2D eigenvalue weighted by molar-refractivity contribution is 5.20. The maximum Gasteiger partial charge on any atom is 0.118 e. The molecule has 0 aromatic carbocycles. The van der Waals surface area contributed by atoms with Crippen LogP contribution in [-0.4, -0.2) is 24.0 Å². The van der Waals surface area contributed by atoms with Crippen molar-refractivity contribution in [2.75, 3.05) is 13.1 Å². The van der Waals surface area contributed by atoms with E-state index in [1.807, 2.05) is 0 Å². The summed E-state index contributed by atoms with van der Waals surface area (Å²) in [5, 5.41) is 3.45. The molecule has 3 heteroatoms. The van der Waals surface area contributed by atoms with Gasteiger partial charge in [0.2, 0.25) is 0 Å². The van der Waals surface area contributed by atoms with Crippen LogP contribution in [0.5, 0.6) is 0 Å². The van der Waals surface area contributed by atoms with Crippen molar-refractivity contribution in [1.82, 2.24) is 10.2 Å². The van der Waals surface area contributed by atoms with Gasteiger partial charge in [-0.3, -0.25) is 4.90 Å². The molecule has 0 aliphatic carbocycles. The fraction of sp³-hybridized carbons (Fsp3) is 0.750. The Morgan fingerprint density at radius 2 is 2.16 bits per heavy atom. The van der Waals surface area contributed by atoms with E-state index in [4.69, 9.17) is 4.42 Å². The number of nitrogens with one attached hydrogen (secondary N) is 1. The van der Waals surface area contributed by atoms with Crippen LogP contribution in [0.15, 0.2) is 10.5 Å². The Balaban J connectivity index is 1.93. The summed E-state index contributed by atoms with van der Waals surface area (Å²) in [4.78, 5) is 2.50. The molecule has 1 aromatic rings.